The van der Waals surface area contributed by atoms with Crippen molar-refractivity contribution in [2.24, 2.45) is 0 Å². The molecule has 3 nitrogen and oxygen atoms in total. The van der Waals surface area contributed by atoms with E-state index in [1.165, 1.54) is 13.2 Å². The molecule has 0 aliphatic heterocycles. The van der Waals surface area contributed by atoms with Gasteiger partial charge in [0.05, 0.1) is 13.4 Å². The van der Waals surface area contributed by atoms with Gasteiger partial charge in [-0.05, 0) is 23.8 Å². The molecule has 1 rings (SSSR count). The van der Waals surface area contributed by atoms with E-state index in [0.717, 1.165) is 11.3 Å². The van der Waals surface area contributed by atoms with Crippen molar-refractivity contribution in [1.29, 1.82) is 0 Å². The van der Waals surface area contributed by atoms with E-state index < -0.39 is 0 Å². The van der Waals surface area contributed by atoms with Crippen molar-refractivity contribution < 1.29 is 14.3 Å². The van der Waals surface area contributed by atoms with Crippen molar-refractivity contribution in [2.75, 3.05) is 7.11 Å². The Bertz CT molecular complexity index is 325. The predicted molar refractivity (Wildman–Crippen MR) is 53.8 cm³/mol. The van der Waals surface area contributed by atoms with Gasteiger partial charge in [0.2, 0.25) is 0 Å². The van der Waals surface area contributed by atoms with Crippen LogP contribution >= 0.6 is 0 Å². The summed E-state index contributed by atoms with van der Waals surface area (Å²) in [6.07, 6.45) is 3.07. The number of hydrogen-bond acceptors (Lipinski definition) is 3. The molecule has 0 N–H and O–H groups in total. The molecule has 0 amide bonds. The lowest BCUT2D eigenvalue weighted by Crippen LogP contribution is -1.89. The summed E-state index contributed by atoms with van der Waals surface area (Å²) in [5, 5.41) is 0. The van der Waals surface area contributed by atoms with Crippen LogP contribution in [0.25, 0.3) is 6.08 Å². The van der Waals surface area contributed by atoms with Gasteiger partial charge >= 0.3 is 5.97 Å². The first-order valence-electron chi connectivity index (χ1n) is 4.20. The Hall–Kier alpha value is -1.77. The summed E-state index contributed by atoms with van der Waals surface area (Å²) in [5.74, 6) is 0.476. The fraction of sp³-hybridized carbons (Fsp3) is 0.182. The van der Waals surface area contributed by atoms with Gasteiger partial charge in [-0.2, -0.15) is 0 Å². The predicted octanol–water partition coefficient (Wildman–Crippen LogP) is 2.23. The van der Waals surface area contributed by atoms with Crippen LogP contribution in [0.2, 0.25) is 0 Å². The second kappa shape index (κ2) is 5.07. The number of esters is 1. The van der Waals surface area contributed by atoms with Crippen LogP contribution in [0.4, 0.5) is 0 Å². The standard InChI is InChI=1S/C11H12O3/c1-9(12)14-8-7-10-3-5-11(13-2)6-4-10/h3-8H,1-2H3/b8-7-. The highest BCUT2D eigenvalue weighted by atomic mass is 16.5. The molecule has 14 heavy (non-hydrogen) atoms. The van der Waals surface area contributed by atoms with Crippen molar-refractivity contribution in [1.82, 2.24) is 0 Å². The Morgan fingerprint density at radius 3 is 2.43 bits per heavy atom. The second-order valence-corrected chi connectivity index (χ2v) is 2.69. The Kier molecular flexibility index (Phi) is 3.73. The minimum atomic E-state index is -0.324. The van der Waals surface area contributed by atoms with Crippen molar-refractivity contribution >= 4 is 12.0 Å². The van der Waals surface area contributed by atoms with Crippen molar-refractivity contribution in [3.05, 3.63) is 36.1 Å². The minimum absolute atomic E-state index is 0.324. The van der Waals surface area contributed by atoms with E-state index >= 15 is 0 Å². The zero-order chi connectivity index (χ0) is 10.4. The van der Waals surface area contributed by atoms with Crippen molar-refractivity contribution in [3.8, 4) is 5.75 Å². The largest absolute Gasteiger partial charge is 0.497 e. The van der Waals surface area contributed by atoms with Gasteiger partial charge in [0.15, 0.2) is 0 Å². The molecule has 0 fully saturated rings. The van der Waals surface area contributed by atoms with Crippen LogP contribution in [-0.2, 0) is 9.53 Å². The molecule has 74 valence electrons. The Morgan fingerprint density at radius 1 is 1.29 bits per heavy atom. The topological polar surface area (TPSA) is 35.5 Å². The third kappa shape index (κ3) is 3.31. The van der Waals surface area contributed by atoms with Gasteiger partial charge in [0, 0.05) is 6.92 Å². The molecule has 0 aliphatic rings. The summed E-state index contributed by atoms with van der Waals surface area (Å²) >= 11 is 0. The highest BCUT2D eigenvalue weighted by Gasteiger charge is 1.90. The maximum Gasteiger partial charge on any atom is 0.307 e. The van der Waals surface area contributed by atoms with E-state index in [4.69, 9.17) is 4.74 Å². The molecule has 3 heteroatoms. The molecule has 0 aromatic heterocycles. The quantitative estimate of drug-likeness (QED) is 0.544. The number of carbonyl (C=O) groups excluding carboxylic acids is 1. The Labute approximate surface area is 83.0 Å². The molecular formula is C11H12O3. The molecule has 0 saturated heterocycles. The number of methoxy groups -OCH3 is 1. The summed E-state index contributed by atoms with van der Waals surface area (Å²) in [4.78, 5) is 10.4. The lowest BCUT2D eigenvalue weighted by atomic mass is 10.2. The van der Waals surface area contributed by atoms with Crippen LogP contribution in [0, 0.1) is 0 Å². The van der Waals surface area contributed by atoms with Gasteiger partial charge in [0.25, 0.3) is 0 Å². The van der Waals surface area contributed by atoms with Crippen LogP contribution in [0.1, 0.15) is 12.5 Å². The molecule has 0 heterocycles. The van der Waals surface area contributed by atoms with Crippen molar-refractivity contribution in [3.63, 3.8) is 0 Å². The lowest BCUT2D eigenvalue weighted by Gasteiger charge is -1.98. The van der Waals surface area contributed by atoms with Crippen LogP contribution in [0.15, 0.2) is 30.5 Å². The smallest absolute Gasteiger partial charge is 0.307 e. The average Bonchev–Trinajstić information content (AvgIpc) is 2.18. The summed E-state index contributed by atoms with van der Waals surface area (Å²) in [7, 11) is 1.61. The summed E-state index contributed by atoms with van der Waals surface area (Å²) in [6, 6.07) is 7.43. The Morgan fingerprint density at radius 2 is 1.93 bits per heavy atom. The van der Waals surface area contributed by atoms with Gasteiger partial charge in [-0.25, -0.2) is 0 Å². The third-order valence-electron chi connectivity index (χ3n) is 1.61. The molecule has 0 radical (unpaired) electrons. The highest BCUT2D eigenvalue weighted by Crippen LogP contribution is 2.12. The van der Waals surface area contributed by atoms with Gasteiger partial charge < -0.3 is 9.47 Å². The van der Waals surface area contributed by atoms with Gasteiger partial charge in [-0.3, -0.25) is 4.79 Å². The van der Waals surface area contributed by atoms with E-state index in [1.54, 1.807) is 13.2 Å². The molecule has 0 saturated carbocycles. The van der Waals surface area contributed by atoms with Crippen LogP contribution in [0.3, 0.4) is 0 Å². The van der Waals surface area contributed by atoms with E-state index in [0.29, 0.717) is 0 Å². The Balaban J connectivity index is 2.59. The zero-order valence-corrected chi connectivity index (χ0v) is 8.19. The van der Waals surface area contributed by atoms with Gasteiger partial charge in [-0.15, -0.1) is 0 Å². The first-order chi connectivity index (χ1) is 6.72. The lowest BCUT2D eigenvalue weighted by molar-refractivity contribution is -0.135. The molecular weight excluding hydrogens is 180 g/mol. The molecule has 0 aliphatic carbocycles. The fourth-order valence-corrected chi connectivity index (χ4v) is 0.923. The fourth-order valence-electron chi connectivity index (χ4n) is 0.923. The molecule has 0 spiro atoms. The molecule has 1 aromatic rings. The van der Waals surface area contributed by atoms with Crippen LogP contribution in [-0.4, -0.2) is 13.1 Å². The maximum atomic E-state index is 10.4. The van der Waals surface area contributed by atoms with Crippen LogP contribution in [0.5, 0.6) is 5.75 Å². The van der Waals surface area contributed by atoms with E-state index in [1.807, 2.05) is 24.3 Å². The second-order valence-electron chi connectivity index (χ2n) is 2.69. The number of carbonyl (C=O) groups is 1. The molecule has 1 aromatic carbocycles. The monoisotopic (exact) mass is 192 g/mol. The average molecular weight is 192 g/mol. The number of hydrogen-bond donors (Lipinski definition) is 0. The molecule has 0 unspecified atom stereocenters. The SMILES string of the molecule is COc1ccc(/C=C\OC(C)=O)cc1. The van der Waals surface area contributed by atoms with E-state index in [2.05, 4.69) is 4.74 Å². The van der Waals surface area contributed by atoms with Gasteiger partial charge in [-0.1, -0.05) is 12.1 Å². The molecule has 0 bridgehead atoms. The number of rotatable bonds is 3. The number of benzene rings is 1. The van der Waals surface area contributed by atoms with E-state index in [-0.39, 0.29) is 5.97 Å². The minimum Gasteiger partial charge on any atom is -0.497 e. The zero-order valence-electron chi connectivity index (χ0n) is 8.19. The van der Waals surface area contributed by atoms with Gasteiger partial charge in [0.1, 0.15) is 5.75 Å². The summed E-state index contributed by atoms with van der Waals surface area (Å²) in [6.45, 7) is 1.36. The summed E-state index contributed by atoms with van der Waals surface area (Å²) < 4.78 is 9.65. The molecule has 0 atom stereocenters. The normalized spacial score (nSPS) is 10.1. The third-order valence-corrected chi connectivity index (χ3v) is 1.61. The first kappa shape index (κ1) is 10.3. The highest BCUT2D eigenvalue weighted by molar-refractivity contribution is 5.67. The summed E-state index contributed by atoms with van der Waals surface area (Å²) in [5.41, 5.74) is 0.951. The van der Waals surface area contributed by atoms with E-state index in [9.17, 15) is 4.79 Å². The first-order valence-corrected chi connectivity index (χ1v) is 4.20. The maximum absolute atomic E-state index is 10.4. The van der Waals surface area contributed by atoms with Crippen LogP contribution < -0.4 is 4.74 Å². The van der Waals surface area contributed by atoms with Crippen molar-refractivity contribution in [2.45, 2.75) is 6.92 Å². The number of ether oxygens (including phenoxy) is 2.